The first kappa shape index (κ1) is 90.0. The molecule has 1 fully saturated rings. The number of aromatic nitrogens is 4. The second-order valence-electron chi connectivity index (χ2n) is 26.8. The molecule has 2 aliphatic heterocycles. The molecule has 0 saturated carbocycles. The van der Waals surface area contributed by atoms with Crippen molar-refractivity contribution >= 4 is 137 Å². The van der Waals surface area contributed by atoms with Gasteiger partial charge in [0.05, 0.1) is 31.3 Å². The molecule has 27 N–H and O–H groups in total. The minimum absolute atomic E-state index is 0.00365. The van der Waals surface area contributed by atoms with Crippen LogP contribution in [0.1, 0.15) is 94.4 Å². The van der Waals surface area contributed by atoms with Crippen LogP contribution in [0.2, 0.25) is 0 Å². The summed E-state index contributed by atoms with van der Waals surface area (Å²) in [5, 5.41) is 90.1. The largest absolute Gasteiger partial charge is 0.508 e. The quantitative estimate of drug-likeness (QED) is 0.0114. The number of urea groups is 1. The van der Waals surface area contributed by atoms with Gasteiger partial charge in [-0.15, -0.1) is 5.10 Å². The molecule has 0 aliphatic carbocycles. The van der Waals surface area contributed by atoms with Crippen LogP contribution in [-0.2, 0) is 97.7 Å². The Morgan fingerprint density at radius 2 is 1.29 bits per heavy atom. The van der Waals surface area contributed by atoms with Gasteiger partial charge in [0.15, 0.2) is 5.96 Å². The zero-order chi connectivity index (χ0) is 83.2. The van der Waals surface area contributed by atoms with Crippen molar-refractivity contribution in [1.29, 1.82) is 5.41 Å². The number of aromatic hydroxyl groups is 1. The molecule has 616 valence electrons. The number of carbonyl (C=O) groups excluding carboxylic acids is 14. The lowest BCUT2D eigenvalue weighted by Gasteiger charge is -2.31. The lowest BCUT2D eigenvalue weighted by Crippen LogP contribution is -2.62. The van der Waals surface area contributed by atoms with E-state index in [0.29, 0.717) is 22.0 Å². The fraction of sp³-hybridized carbons (Fsp3) is 0.515. The molecule has 6 rings (SSSR count). The number of aromatic amines is 1. The van der Waals surface area contributed by atoms with Gasteiger partial charge in [0.1, 0.15) is 78.3 Å². The number of phenolic OH excluding ortho intramolecular Hbond substituents is 1. The van der Waals surface area contributed by atoms with Crippen LogP contribution in [-0.4, -0.2) is 262 Å². The highest BCUT2D eigenvalue weighted by Crippen LogP contribution is 2.23. The van der Waals surface area contributed by atoms with Gasteiger partial charge in [-0.05, 0) is 100 Å². The third-order valence-corrected chi connectivity index (χ3v) is 18.9. The molecule has 0 radical (unpaired) electrons. The second-order valence-corrected chi connectivity index (χ2v) is 27.5. The Bertz CT molecular complexity index is 4090. The van der Waals surface area contributed by atoms with E-state index in [1.165, 1.54) is 36.7 Å². The number of aliphatic carboxylic acids is 2. The summed E-state index contributed by atoms with van der Waals surface area (Å²) in [6.07, 6.45) is -3.38. The van der Waals surface area contributed by atoms with Crippen LogP contribution in [0.25, 0.3) is 10.9 Å². The monoisotopic (exact) mass is 1620 g/mol. The smallest absolute Gasteiger partial charge is 0.326 e. The van der Waals surface area contributed by atoms with E-state index in [1.807, 2.05) is 0 Å². The number of nitrogens with zero attached hydrogens (tertiary/aromatic N) is 4. The number of aliphatic hydroxyl groups excluding tert-OH is 1. The molecule has 15 amide bonds. The number of thiol groups is 2. The number of hydrogen-bond acceptors (Lipinski definition) is 24. The van der Waals surface area contributed by atoms with E-state index >= 15 is 4.79 Å². The molecule has 2 aromatic heterocycles. The van der Waals surface area contributed by atoms with Gasteiger partial charge >= 0.3 is 18.0 Å². The number of nitrogens with two attached hydrogens (primary N) is 4. The number of fused-ring (bicyclic) bond motifs is 4. The van der Waals surface area contributed by atoms with Crippen LogP contribution < -0.4 is 92.1 Å². The van der Waals surface area contributed by atoms with E-state index < -0.39 is 217 Å². The normalized spacial score (nSPS) is 22.5. The Morgan fingerprint density at radius 1 is 0.690 bits per heavy atom. The number of nitrogens with one attached hydrogen (secondary N) is 15. The van der Waals surface area contributed by atoms with Crippen molar-refractivity contribution in [2.24, 2.45) is 22.9 Å². The molecule has 2 bridgehead atoms. The van der Waals surface area contributed by atoms with Crippen LogP contribution in [0.5, 0.6) is 5.75 Å². The summed E-state index contributed by atoms with van der Waals surface area (Å²) < 4.78 is 1.04. The van der Waals surface area contributed by atoms with Crippen molar-refractivity contribution in [3.05, 3.63) is 77.7 Å². The summed E-state index contributed by atoms with van der Waals surface area (Å²) in [7, 11) is 0. The maximum Gasteiger partial charge on any atom is 0.326 e. The van der Waals surface area contributed by atoms with E-state index in [2.05, 4.69) is 110 Å². The Balaban J connectivity index is 1.47. The lowest BCUT2D eigenvalue weighted by atomic mass is 10.0. The van der Waals surface area contributed by atoms with Crippen molar-refractivity contribution in [3.8, 4) is 5.75 Å². The standard InChI is InChI=1S/C68H97N23O20S2/c1-33(92)54-64(107)83-45(26-53(96)97)65(108)91-23-7-14-50(91)63(106)81-42(12-5-21-74-67(71)72)57(100)86-49(32-113)62(105)79-41(13-6-22-75-68(73)111)55(98)82-44(25-35-28-76-39-10-3-2-9-38(35)39)59(102)80-43(19-20-51(70)94)58(101)78-40(56(99)84-46(66(109)110)24-34-15-17-37(93)18-16-34)11-4-8-36-29-90(89-88-36)30-47(60(103)87-54)85-61(104)48(31-112)77-52(95)27-69/h2-3,9-10,15-18,28-29,33,40-50,54,76,92-93,112-113H,4-8,11-14,19-27,30-32,69H2,1H3,(H2,70,94)(H,77,95)(H,78,101)(H,79,105)(H,80,102)(H,81,106)(H,82,98)(H,83,107)(H,84,99)(H,85,104)(H,86,100)(H,87,103)(H,96,97)(H,109,110)(H4,71,72,74)(H3,73,75,111)/t33-,40-,41+,42+,43+,44+,45+,46+,47+,48+,49+,50?,54+/m1/s1. The molecule has 43 nitrogen and oxygen atoms in total. The van der Waals surface area contributed by atoms with Gasteiger partial charge in [0.2, 0.25) is 76.8 Å². The van der Waals surface area contributed by atoms with Crippen LogP contribution >= 0.6 is 25.3 Å². The number of H-pyrrole nitrogens is 1. The van der Waals surface area contributed by atoms with Crippen LogP contribution in [0, 0.1) is 5.41 Å². The molecule has 4 aromatic rings. The molecule has 2 aliphatic rings. The number of benzene rings is 2. The lowest BCUT2D eigenvalue weighted by molar-refractivity contribution is -0.146. The summed E-state index contributed by atoms with van der Waals surface area (Å²) in [5.74, 6) is -18.8. The number of guanidine groups is 1. The van der Waals surface area contributed by atoms with Gasteiger partial charge in [-0.3, -0.25) is 72.5 Å². The van der Waals surface area contributed by atoms with E-state index in [4.69, 9.17) is 28.3 Å². The summed E-state index contributed by atoms with van der Waals surface area (Å²) in [6.45, 7) is -0.644. The number of hydrogen-bond donors (Lipinski definition) is 25. The predicted molar refractivity (Wildman–Crippen MR) is 405 cm³/mol. The average molecular weight is 1620 g/mol. The van der Waals surface area contributed by atoms with E-state index in [1.54, 1.807) is 24.3 Å². The van der Waals surface area contributed by atoms with Crippen LogP contribution in [0.15, 0.2) is 60.9 Å². The zero-order valence-electron chi connectivity index (χ0n) is 61.4. The number of phenols is 1. The highest BCUT2D eigenvalue weighted by Gasteiger charge is 2.43. The van der Waals surface area contributed by atoms with Gasteiger partial charge < -0.3 is 122 Å². The number of rotatable bonds is 27. The van der Waals surface area contributed by atoms with Gasteiger partial charge in [0.25, 0.3) is 0 Å². The topological polar surface area (TPSA) is 688 Å². The summed E-state index contributed by atoms with van der Waals surface area (Å²) >= 11 is 8.48. The zero-order valence-corrected chi connectivity index (χ0v) is 63.2. The van der Waals surface area contributed by atoms with Gasteiger partial charge in [-0.25, -0.2) is 14.3 Å². The average Bonchev–Trinajstić information content (AvgIpc) is 1.67. The molecular weight excluding hydrogens is 1520 g/mol. The van der Waals surface area contributed by atoms with Crippen LogP contribution in [0.3, 0.4) is 0 Å². The number of para-hydroxylation sites is 1. The maximum absolute atomic E-state index is 15.1. The van der Waals surface area contributed by atoms with Crippen LogP contribution in [0.4, 0.5) is 4.79 Å². The highest BCUT2D eigenvalue weighted by atomic mass is 32.1. The molecule has 4 heterocycles. The fourth-order valence-corrected chi connectivity index (χ4v) is 12.7. The molecule has 1 unspecified atom stereocenters. The van der Waals surface area contributed by atoms with Crippen molar-refractivity contribution in [2.45, 2.75) is 182 Å². The Kier molecular flexibility index (Phi) is 35.2. The van der Waals surface area contributed by atoms with Gasteiger partial charge in [0, 0.05) is 73.7 Å². The summed E-state index contributed by atoms with van der Waals surface area (Å²) in [4.78, 5) is 227. The number of aliphatic hydroxyl groups is 1. The SMILES string of the molecule is C[C@@H](O)[C@@H]1NC(=O)[C@@H](NC(=O)[C@H](CS)NC(=O)CN)Cn2cc(nn2)CCC[C@H](C(=O)N[C@@H](Cc2ccc(O)cc2)C(=O)O)NC(=O)[C@H](CCC(N)=O)NC(=O)[C@H](Cc2c[nH]c3ccccc23)NC(=O)[C@H](CCCNC(N)=O)NC(=O)[C@H](CS)NC(=O)[C@H](CCCNC(=N)N)NC(=O)C2CCCN2C(=O)[C@H](CC(=O)O)NC1=O. The Labute approximate surface area is 656 Å². The maximum atomic E-state index is 15.1. The minimum atomic E-state index is -2.07. The third-order valence-electron chi connectivity index (χ3n) is 18.1. The minimum Gasteiger partial charge on any atom is -0.508 e. The molecular formula is C68H97N23O20S2. The molecule has 1 saturated heterocycles. The second kappa shape index (κ2) is 44.2. The highest BCUT2D eigenvalue weighted by molar-refractivity contribution is 7.80. The number of aryl methyl sites for hydroxylation is 1. The first-order chi connectivity index (χ1) is 53.7. The Morgan fingerprint density at radius 3 is 1.90 bits per heavy atom. The summed E-state index contributed by atoms with van der Waals surface area (Å²) in [5.41, 5.74) is 23.4. The van der Waals surface area contributed by atoms with Crippen molar-refractivity contribution in [1.82, 2.24) is 94.0 Å². The van der Waals surface area contributed by atoms with E-state index in [0.717, 1.165) is 16.5 Å². The first-order valence-electron chi connectivity index (χ1n) is 36.0. The molecule has 0 spiro atoms. The first-order valence-corrected chi connectivity index (χ1v) is 37.2. The van der Waals surface area contributed by atoms with Gasteiger partial charge in [-0.1, -0.05) is 35.5 Å². The number of primary amides is 2. The van der Waals surface area contributed by atoms with Gasteiger partial charge in [-0.2, -0.15) is 25.3 Å². The molecule has 45 heteroatoms. The molecule has 2 aromatic carbocycles. The van der Waals surface area contributed by atoms with Crippen molar-refractivity contribution in [2.75, 3.05) is 37.7 Å². The number of amides is 15. The number of carboxylic acids is 2. The van der Waals surface area contributed by atoms with Crippen molar-refractivity contribution in [3.63, 3.8) is 0 Å². The Hall–Kier alpha value is -11.9. The predicted octanol–water partition coefficient (Wildman–Crippen LogP) is -7.65. The fourth-order valence-electron chi connectivity index (χ4n) is 12.2. The van der Waals surface area contributed by atoms with Crippen molar-refractivity contribution < 1.29 is 97.1 Å². The molecule has 113 heavy (non-hydrogen) atoms. The summed E-state index contributed by atoms with van der Waals surface area (Å²) in [6, 6.07) is -9.47. The molecule has 13 atom stereocenters. The van der Waals surface area contributed by atoms with E-state index in [9.17, 15) is 92.3 Å². The van der Waals surface area contributed by atoms with E-state index in [-0.39, 0.29) is 107 Å². The number of carbonyl (C=O) groups is 16. The number of carboxylic acid groups (broad SMARTS) is 2. The third kappa shape index (κ3) is 28.4.